The standard InChI is InChI=1S/C22H24N4O2S/c1-2-19-17(3-8-27-19)11-16(1)12-25-7-9-28-22(13-25)5-6-26(14-22)20-18-4-10-29-21(18)24-15-23-20/h1-2,4,10-11,15H,3,5-9,12-14H2. The molecule has 0 N–H and O–H groups in total. The molecule has 6 nitrogen and oxygen atoms in total. The summed E-state index contributed by atoms with van der Waals surface area (Å²) in [6, 6.07) is 8.79. The quantitative estimate of drug-likeness (QED) is 0.664. The van der Waals surface area contributed by atoms with E-state index in [0.717, 1.165) is 80.6 Å². The maximum absolute atomic E-state index is 6.37. The topological polar surface area (TPSA) is 50.7 Å². The summed E-state index contributed by atoms with van der Waals surface area (Å²) in [5, 5.41) is 3.25. The predicted octanol–water partition coefficient (Wildman–Crippen LogP) is 3.11. The van der Waals surface area contributed by atoms with Crippen LogP contribution in [0, 0.1) is 0 Å². The SMILES string of the molecule is c1nc(N2CCC3(CN(Cc4ccc5c(c4)CCO5)CCO3)C2)c2ccsc2n1. The smallest absolute Gasteiger partial charge is 0.140 e. The van der Waals surface area contributed by atoms with Crippen molar-refractivity contribution >= 4 is 27.4 Å². The van der Waals surface area contributed by atoms with Crippen LogP contribution in [0.15, 0.2) is 36.0 Å². The first-order chi connectivity index (χ1) is 14.3. The summed E-state index contributed by atoms with van der Waals surface area (Å²) in [6.45, 7) is 6.40. The zero-order valence-electron chi connectivity index (χ0n) is 16.3. The van der Waals surface area contributed by atoms with Gasteiger partial charge >= 0.3 is 0 Å². The van der Waals surface area contributed by atoms with E-state index in [1.807, 2.05) is 0 Å². The molecule has 2 saturated heterocycles. The Kier molecular flexibility index (Phi) is 4.21. The van der Waals surface area contributed by atoms with Crippen LogP contribution >= 0.6 is 11.3 Å². The van der Waals surface area contributed by atoms with Crippen LogP contribution in [0.4, 0.5) is 5.82 Å². The highest BCUT2D eigenvalue weighted by molar-refractivity contribution is 7.16. The first-order valence-corrected chi connectivity index (χ1v) is 11.2. The molecular weight excluding hydrogens is 384 g/mol. The number of rotatable bonds is 3. The van der Waals surface area contributed by atoms with Gasteiger partial charge in [-0.2, -0.15) is 0 Å². The molecule has 150 valence electrons. The van der Waals surface area contributed by atoms with Gasteiger partial charge in [0, 0.05) is 39.1 Å². The van der Waals surface area contributed by atoms with Gasteiger partial charge in [0.2, 0.25) is 0 Å². The third-order valence-corrected chi connectivity index (χ3v) is 7.16. The minimum absolute atomic E-state index is 0.106. The zero-order chi connectivity index (χ0) is 19.3. The second kappa shape index (κ2) is 6.93. The molecule has 2 fully saturated rings. The minimum Gasteiger partial charge on any atom is -0.493 e. The molecule has 0 radical (unpaired) electrons. The average Bonchev–Trinajstić information content (AvgIpc) is 3.47. The van der Waals surface area contributed by atoms with E-state index < -0.39 is 0 Å². The van der Waals surface area contributed by atoms with E-state index in [1.165, 1.54) is 11.1 Å². The van der Waals surface area contributed by atoms with Crippen LogP contribution in [0.1, 0.15) is 17.5 Å². The van der Waals surface area contributed by atoms with Crippen molar-refractivity contribution in [3.8, 4) is 5.75 Å². The number of aromatic nitrogens is 2. The molecule has 0 aliphatic carbocycles. The Morgan fingerprint density at radius 1 is 1.10 bits per heavy atom. The fraction of sp³-hybridized carbons (Fsp3) is 0.455. The number of nitrogens with zero attached hydrogens (tertiary/aromatic N) is 4. The van der Waals surface area contributed by atoms with Crippen molar-refractivity contribution in [2.75, 3.05) is 44.3 Å². The van der Waals surface area contributed by atoms with E-state index in [1.54, 1.807) is 17.7 Å². The van der Waals surface area contributed by atoms with Gasteiger partial charge in [-0.1, -0.05) is 12.1 Å². The number of fused-ring (bicyclic) bond motifs is 2. The Bertz CT molecular complexity index is 1050. The molecular formula is C22H24N4O2S. The molecule has 1 atom stereocenters. The summed E-state index contributed by atoms with van der Waals surface area (Å²) in [7, 11) is 0. The molecule has 0 amide bonds. The van der Waals surface area contributed by atoms with E-state index in [9.17, 15) is 0 Å². The van der Waals surface area contributed by atoms with Crippen LogP contribution in [0.25, 0.3) is 10.2 Å². The van der Waals surface area contributed by atoms with Crippen molar-refractivity contribution in [1.29, 1.82) is 0 Å². The van der Waals surface area contributed by atoms with Gasteiger partial charge in [0.25, 0.3) is 0 Å². The molecule has 29 heavy (non-hydrogen) atoms. The third-order valence-electron chi connectivity index (χ3n) is 6.34. The fourth-order valence-electron chi connectivity index (χ4n) is 4.96. The van der Waals surface area contributed by atoms with E-state index in [-0.39, 0.29) is 5.60 Å². The second-order valence-electron chi connectivity index (χ2n) is 8.29. The van der Waals surface area contributed by atoms with E-state index in [0.29, 0.717) is 0 Å². The molecule has 3 aromatic rings. The average molecular weight is 409 g/mol. The van der Waals surface area contributed by atoms with Crippen LogP contribution in [-0.4, -0.2) is 59.9 Å². The zero-order valence-corrected chi connectivity index (χ0v) is 17.2. The van der Waals surface area contributed by atoms with Crippen molar-refractivity contribution in [2.45, 2.75) is 25.0 Å². The molecule has 3 aliphatic rings. The van der Waals surface area contributed by atoms with Crippen LogP contribution < -0.4 is 9.64 Å². The maximum Gasteiger partial charge on any atom is 0.140 e. The van der Waals surface area contributed by atoms with Gasteiger partial charge in [-0.15, -0.1) is 11.3 Å². The van der Waals surface area contributed by atoms with E-state index >= 15 is 0 Å². The van der Waals surface area contributed by atoms with Crippen LogP contribution in [0.3, 0.4) is 0 Å². The van der Waals surface area contributed by atoms with Gasteiger partial charge < -0.3 is 14.4 Å². The van der Waals surface area contributed by atoms with Gasteiger partial charge in [-0.25, -0.2) is 9.97 Å². The Balaban J connectivity index is 1.18. The molecule has 1 spiro atoms. The lowest BCUT2D eigenvalue weighted by Gasteiger charge is -2.40. The highest BCUT2D eigenvalue weighted by Gasteiger charge is 2.43. The number of morpholine rings is 1. The van der Waals surface area contributed by atoms with Gasteiger partial charge in [-0.3, -0.25) is 4.90 Å². The molecule has 7 heteroatoms. The molecule has 0 bridgehead atoms. The molecule has 0 saturated carbocycles. The molecule has 6 rings (SSSR count). The number of hydrogen-bond donors (Lipinski definition) is 0. The second-order valence-corrected chi connectivity index (χ2v) is 9.19. The summed E-state index contributed by atoms with van der Waals surface area (Å²) in [5.41, 5.74) is 2.61. The monoisotopic (exact) mass is 408 g/mol. The van der Waals surface area contributed by atoms with Gasteiger partial charge in [0.1, 0.15) is 28.3 Å². The molecule has 1 unspecified atom stereocenters. The number of anilines is 1. The van der Waals surface area contributed by atoms with Crippen molar-refractivity contribution in [1.82, 2.24) is 14.9 Å². The minimum atomic E-state index is -0.106. The summed E-state index contributed by atoms with van der Waals surface area (Å²) < 4.78 is 12.0. The lowest BCUT2D eigenvalue weighted by molar-refractivity contribution is -0.0974. The van der Waals surface area contributed by atoms with Crippen LogP contribution in [0.5, 0.6) is 5.75 Å². The van der Waals surface area contributed by atoms with Gasteiger partial charge in [-0.05, 0) is 35.1 Å². The summed E-state index contributed by atoms with van der Waals surface area (Å²) >= 11 is 1.67. The number of benzene rings is 1. The van der Waals surface area contributed by atoms with Crippen LogP contribution in [-0.2, 0) is 17.7 Å². The molecule has 5 heterocycles. The first-order valence-electron chi connectivity index (χ1n) is 10.3. The Hall–Kier alpha value is -2.22. The Morgan fingerprint density at radius 3 is 3.10 bits per heavy atom. The van der Waals surface area contributed by atoms with Crippen LogP contribution in [0.2, 0.25) is 0 Å². The molecule has 1 aromatic carbocycles. The maximum atomic E-state index is 6.37. The van der Waals surface area contributed by atoms with Crippen molar-refractivity contribution in [2.24, 2.45) is 0 Å². The Morgan fingerprint density at radius 2 is 2.10 bits per heavy atom. The fourth-order valence-corrected chi connectivity index (χ4v) is 5.68. The molecule has 2 aromatic heterocycles. The van der Waals surface area contributed by atoms with Gasteiger partial charge in [0.05, 0.1) is 18.6 Å². The lowest BCUT2D eigenvalue weighted by Crippen LogP contribution is -2.53. The number of thiophene rings is 1. The summed E-state index contributed by atoms with van der Waals surface area (Å²) in [5.74, 6) is 2.11. The normalized spacial score (nSPS) is 24.3. The lowest BCUT2D eigenvalue weighted by atomic mass is 10.00. The highest BCUT2D eigenvalue weighted by Crippen LogP contribution is 2.35. The largest absolute Gasteiger partial charge is 0.493 e. The Labute approximate surface area is 174 Å². The molecule has 3 aliphatic heterocycles. The number of ether oxygens (including phenoxy) is 2. The summed E-state index contributed by atoms with van der Waals surface area (Å²) in [6.07, 6.45) is 3.75. The van der Waals surface area contributed by atoms with E-state index in [2.05, 4.69) is 49.4 Å². The highest BCUT2D eigenvalue weighted by atomic mass is 32.1. The third kappa shape index (κ3) is 3.17. The summed E-state index contributed by atoms with van der Waals surface area (Å²) in [4.78, 5) is 15.0. The van der Waals surface area contributed by atoms with Crippen molar-refractivity contribution in [3.63, 3.8) is 0 Å². The first kappa shape index (κ1) is 17.6. The predicted molar refractivity (Wildman–Crippen MR) is 114 cm³/mol. The van der Waals surface area contributed by atoms with Crippen molar-refractivity contribution < 1.29 is 9.47 Å². The van der Waals surface area contributed by atoms with E-state index in [4.69, 9.17) is 9.47 Å². The number of hydrogen-bond acceptors (Lipinski definition) is 7. The van der Waals surface area contributed by atoms with Crippen molar-refractivity contribution in [3.05, 3.63) is 47.1 Å². The van der Waals surface area contributed by atoms with Gasteiger partial charge in [0.15, 0.2) is 0 Å².